The van der Waals surface area contributed by atoms with E-state index in [1.54, 1.807) is 4.57 Å². The molecular formula is C16H26BrN5O4Si. The molecule has 2 aromatic heterocycles. The zero-order valence-electron chi connectivity index (χ0n) is 16.0. The summed E-state index contributed by atoms with van der Waals surface area (Å²) >= 11 is 3.42. The van der Waals surface area contributed by atoms with Crippen LogP contribution in [0.4, 0.5) is 5.82 Å². The summed E-state index contributed by atoms with van der Waals surface area (Å²) in [6.45, 7) is 10.2. The summed E-state index contributed by atoms with van der Waals surface area (Å²) in [5.41, 5.74) is 6.81. The maximum atomic E-state index is 10.8. The lowest BCUT2D eigenvalue weighted by Crippen LogP contribution is -2.48. The fraction of sp³-hybridized carbons (Fsp3) is 0.688. The highest BCUT2D eigenvalue weighted by molar-refractivity contribution is 9.10. The molecule has 0 aliphatic carbocycles. The van der Waals surface area contributed by atoms with Crippen molar-refractivity contribution in [2.24, 2.45) is 0 Å². The van der Waals surface area contributed by atoms with Crippen molar-refractivity contribution in [1.82, 2.24) is 19.5 Å². The Bertz CT molecular complexity index is 840. The van der Waals surface area contributed by atoms with Crippen molar-refractivity contribution in [3.8, 4) is 0 Å². The van der Waals surface area contributed by atoms with Gasteiger partial charge in [-0.2, -0.15) is 0 Å². The van der Waals surface area contributed by atoms with Crippen LogP contribution in [-0.2, 0) is 9.16 Å². The normalized spacial score (nSPS) is 26.8. The standard InChI is InChI=1S/C16H26BrN5O4Si/c1-16(2,3)27(4,5)26-11-10(24)8(6-23)25-14(11)22-13-9(21-15(22)17)12(18)19-7-20-13/h7-8,10-11,14,23-24H,6H2,1-5H3,(H2,18,19,20)/t8-,10-,11-,14-/m1/s1. The number of nitrogen functional groups attached to an aromatic ring is 1. The second-order valence-corrected chi connectivity index (χ2v) is 13.7. The molecule has 0 aromatic carbocycles. The van der Waals surface area contributed by atoms with Crippen LogP contribution in [0, 0.1) is 0 Å². The first kappa shape index (κ1) is 20.6. The third kappa shape index (κ3) is 3.52. The summed E-state index contributed by atoms with van der Waals surface area (Å²) < 4.78 is 14.6. The molecule has 0 bridgehead atoms. The predicted molar refractivity (Wildman–Crippen MR) is 107 cm³/mol. The maximum Gasteiger partial charge on any atom is 0.192 e. The number of rotatable bonds is 4. The SMILES string of the molecule is CC(C)(C)[Si](C)(C)O[C@@H]1[C@H](O)[C@@H](CO)O[C@H]1n1c(Br)nc2c(N)ncnc21. The molecule has 1 aliphatic rings. The Morgan fingerprint density at radius 1 is 1.37 bits per heavy atom. The summed E-state index contributed by atoms with van der Waals surface area (Å²) in [7, 11) is -2.23. The van der Waals surface area contributed by atoms with Crippen molar-refractivity contribution >= 4 is 41.2 Å². The van der Waals surface area contributed by atoms with Gasteiger partial charge in [0, 0.05) is 0 Å². The van der Waals surface area contributed by atoms with E-state index in [9.17, 15) is 10.2 Å². The molecule has 4 atom stereocenters. The highest BCUT2D eigenvalue weighted by Gasteiger charge is 2.51. The Morgan fingerprint density at radius 2 is 2.04 bits per heavy atom. The molecule has 0 unspecified atom stereocenters. The Morgan fingerprint density at radius 3 is 2.63 bits per heavy atom. The minimum atomic E-state index is -2.23. The molecule has 11 heteroatoms. The third-order valence-electron chi connectivity index (χ3n) is 5.45. The first-order valence-electron chi connectivity index (χ1n) is 8.74. The van der Waals surface area contributed by atoms with Gasteiger partial charge < -0.3 is 25.1 Å². The summed E-state index contributed by atoms with van der Waals surface area (Å²) in [6, 6.07) is 0. The molecule has 9 nitrogen and oxygen atoms in total. The van der Waals surface area contributed by atoms with Gasteiger partial charge >= 0.3 is 0 Å². The van der Waals surface area contributed by atoms with Gasteiger partial charge in [0.1, 0.15) is 24.6 Å². The lowest BCUT2D eigenvalue weighted by atomic mass is 10.1. The van der Waals surface area contributed by atoms with Gasteiger partial charge in [0.15, 0.2) is 36.3 Å². The largest absolute Gasteiger partial charge is 0.407 e. The van der Waals surface area contributed by atoms with E-state index in [-0.39, 0.29) is 17.5 Å². The zero-order chi connectivity index (χ0) is 20.1. The van der Waals surface area contributed by atoms with Crippen molar-refractivity contribution in [2.75, 3.05) is 12.3 Å². The number of ether oxygens (including phenoxy) is 1. The average Bonchev–Trinajstić information content (AvgIpc) is 3.04. The number of anilines is 1. The van der Waals surface area contributed by atoms with Crippen LogP contribution in [0.2, 0.25) is 18.1 Å². The van der Waals surface area contributed by atoms with E-state index in [1.807, 2.05) is 0 Å². The van der Waals surface area contributed by atoms with Crippen molar-refractivity contribution in [2.45, 2.75) is 63.4 Å². The number of hydrogen-bond donors (Lipinski definition) is 3. The van der Waals surface area contributed by atoms with E-state index < -0.39 is 32.9 Å². The van der Waals surface area contributed by atoms with Crippen LogP contribution in [0.25, 0.3) is 11.2 Å². The van der Waals surface area contributed by atoms with Crippen molar-refractivity contribution < 1.29 is 19.4 Å². The number of hydrogen-bond acceptors (Lipinski definition) is 8. The first-order chi connectivity index (χ1) is 12.5. The van der Waals surface area contributed by atoms with Crippen molar-refractivity contribution in [1.29, 1.82) is 0 Å². The van der Waals surface area contributed by atoms with E-state index in [4.69, 9.17) is 14.9 Å². The van der Waals surface area contributed by atoms with Gasteiger partial charge in [-0.1, -0.05) is 20.8 Å². The van der Waals surface area contributed by atoms with Crippen LogP contribution in [0.5, 0.6) is 0 Å². The Kier molecular flexibility index (Phi) is 5.38. The summed E-state index contributed by atoms with van der Waals surface area (Å²) in [5, 5.41) is 20.4. The summed E-state index contributed by atoms with van der Waals surface area (Å²) in [4.78, 5) is 12.6. The quantitative estimate of drug-likeness (QED) is 0.466. The number of aromatic nitrogens is 4. The van der Waals surface area contributed by atoms with Crippen LogP contribution >= 0.6 is 15.9 Å². The number of aliphatic hydroxyl groups is 2. The van der Waals surface area contributed by atoms with Gasteiger partial charge in [-0.05, 0) is 34.1 Å². The van der Waals surface area contributed by atoms with E-state index in [0.717, 1.165) is 0 Å². The van der Waals surface area contributed by atoms with E-state index in [0.29, 0.717) is 15.9 Å². The predicted octanol–water partition coefficient (Wildman–Crippen LogP) is 1.81. The summed E-state index contributed by atoms with van der Waals surface area (Å²) in [5.74, 6) is 0.249. The Labute approximate surface area is 167 Å². The number of nitrogens with zero attached hydrogens (tertiary/aromatic N) is 4. The summed E-state index contributed by atoms with van der Waals surface area (Å²) in [6.07, 6.45) is -1.82. The Balaban J connectivity index is 2.07. The third-order valence-corrected chi connectivity index (χ3v) is 10.5. The Hall–Kier alpha value is -1.11. The zero-order valence-corrected chi connectivity index (χ0v) is 18.6. The molecule has 2 aromatic rings. The number of imidazole rings is 1. The van der Waals surface area contributed by atoms with Crippen LogP contribution in [0.1, 0.15) is 27.0 Å². The van der Waals surface area contributed by atoms with Gasteiger partial charge in [-0.25, -0.2) is 15.0 Å². The molecule has 150 valence electrons. The molecule has 1 fully saturated rings. The van der Waals surface area contributed by atoms with Crippen LogP contribution in [0.15, 0.2) is 11.1 Å². The number of halogens is 1. The lowest BCUT2D eigenvalue weighted by molar-refractivity contribution is -0.0506. The van der Waals surface area contributed by atoms with Crippen molar-refractivity contribution in [3.05, 3.63) is 11.1 Å². The highest BCUT2D eigenvalue weighted by Crippen LogP contribution is 2.43. The molecule has 0 saturated carbocycles. The van der Waals surface area contributed by atoms with Crippen LogP contribution in [0.3, 0.4) is 0 Å². The highest BCUT2D eigenvalue weighted by atomic mass is 79.9. The molecule has 0 amide bonds. The second-order valence-electron chi connectivity index (χ2n) is 8.26. The minimum Gasteiger partial charge on any atom is -0.407 e. The fourth-order valence-electron chi connectivity index (χ4n) is 2.85. The monoisotopic (exact) mass is 459 g/mol. The minimum absolute atomic E-state index is 0.0601. The molecule has 1 aliphatic heterocycles. The fourth-order valence-corrected chi connectivity index (χ4v) is 4.68. The number of nitrogens with two attached hydrogens (primary N) is 1. The molecule has 0 radical (unpaired) electrons. The van der Waals surface area contributed by atoms with Gasteiger partial charge in [-0.15, -0.1) is 0 Å². The number of aliphatic hydroxyl groups excluding tert-OH is 2. The maximum absolute atomic E-state index is 10.8. The van der Waals surface area contributed by atoms with Gasteiger partial charge in [-0.3, -0.25) is 4.57 Å². The van der Waals surface area contributed by atoms with E-state index >= 15 is 0 Å². The van der Waals surface area contributed by atoms with Gasteiger partial charge in [0.25, 0.3) is 0 Å². The molecule has 1 saturated heterocycles. The molecular weight excluding hydrogens is 434 g/mol. The second kappa shape index (κ2) is 7.05. The molecule has 3 rings (SSSR count). The van der Waals surface area contributed by atoms with E-state index in [2.05, 4.69) is 64.7 Å². The van der Waals surface area contributed by atoms with Gasteiger partial charge in [0.2, 0.25) is 0 Å². The number of fused-ring (bicyclic) bond motifs is 1. The molecule has 3 heterocycles. The lowest BCUT2D eigenvalue weighted by Gasteiger charge is -2.40. The van der Waals surface area contributed by atoms with Crippen molar-refractivity contribution in [3.63, 3.8) is 0 Å². The average molecular weight is 460 g/mol. The van der Waals surface area contributed by atoms with E-state index in [1.165, 1.54) is 6.33 Å². The van der Waals surface area contributed by atoms with Gasteiger partial charge in [0.05, 0.1) is 6.61 Å². The molecule has 4 N–H and O–H groups in total. The van der Waals surface area contributed by atoms with Crippen LogP contribution in [-0.4, -0.2) is 63.0 Å². The topological polar surface area (TPSA) is 129 Å². The smallest absolute Gasteiger partial charge is 0.192 e. The molecule has 0 spiro atoms. The van der Waals surface area contributed by atoms with Crippen LogP contribution < -0.4 is 5.73 Å². The first-order valence-corrected chi connectivity index (χ1v) is 12.4. The molecule has 27 heavy (non-hydrogen) atoms.